The molecule has 2 aromatic heterocycles. The minimum absolute atomic E-state index is 0.0417. The number of carbonyl (C=O) groups excluding carboxylic acids is 1. The van der Waals surface area contributed by atoms with Gasteiger partial charge in [-0.2, -0.15) is 0 Å². The lowest BCUT2D eigenvalue weighted by Crippen LogP contribution is -2.52. The highest BCUT2D eigenvalue weighted by molar-refractivity contribution is 5.75. The summed E-state index contributed by atoms with van der Waals surface area (Å²) in [5.74, 6) is 2.06. The van der Waals surface area contributed by atoms with E-state index in [0.29, 0.717) is 44.5 Å². The summed E-state index contributed by atoms with van der Waals surface area (Å²) in [7, 11) is 0. The SMILES string of the molecule is Cc1ccc(CNC(=O)N2CCN(c3ncccc3-c3nnc(C(C)C)o3)CC2)cc1. The molecular weight excluding hydrogens is 392 g/mol. The zero-order valence-corrected chi connectivity index (χ0v) is 18.2. The summed E-state index contributed by atoms with van der Waals surface area (Å²) in [5.41, 5.74) is 3.12. The number of aryl methyl sites for hydroxylation is 1. The van der Waals surface area contributed by atoms with E-state index in [1.807, 2.05) is 43.0 Å². The predicted octanol–water partition coefficient (Wildman–Crippen LogP) is 3.60. The molecule has 3 aromatic rings. The third-order valence-electron chi connectivity index (χ3n) is 5.38. The number of anilines is 1. The zero-order valence-electron chi connectivity index (χ0n) is 18.2. The lowest BCUT2D eigenvalue weighted by Gasteiger charge is -2.35. The second-order valence-corrected chi connectivity index (χ2v) is 8.09. The number of urea groups is 1. The van der Waals surface area contributed by atoms with Crippen LogP contribution in [0.25, 0.3) is 11.5 Å². The molecule has 1 fully saturated rings. The van der Waals surface area contributed by atoms with E-state index < -0.39 is 0 Å². The maximum atomic E-state index is 12.6. The van der Waals surface area contributed by atoms with Crippen LogP contribution in [0.3, 0.4) is 0 Å². The van der Waals surface area contributed by atoms with Gasteiger partial charge in [0.05, 0.1) is 5.56 Å². The lowest BCUT2D eigenvalue weighted by molar-refractivity contribution is 0.194. The first-order chi connectivity index (χ1) is 15.0. The molecular formula is C23H28N6O2. The molecule has 0 unspecified atom stereocenters. The molecule has 0 saturated carbocycles. The number of hydrogen-bond acceptors (Lipinski definition) is 6. The Balaban J connectivity index is 1.37. The van der Waals surface area contributed by atoms with Gasteiger partial charge >= 0.3 is 6.03 Å². The number of carbonyl (C=O) groups is 1. The van der Waals surface area contributed by atoms with Gasteiger partial charge in [-0.1, -0.05) is 43.7 Å². The Bertz CT molecular complexity index is 1020. The number of aromatic nitrogens is 3. The number of nitrogens with zero attached hydrogens (tertiary/aromatic N) is 5. The minimum atomic E-state index is -0.0417. The number of pyridine rings is 1. The average molecular weight is 421 g/mol. The fourth-order valence-corrected chi connectivity index (χ4v) is 3.51. The number of amides is 2. The number of benzene rings is 1. The van der Waals surface area contributed by atoms with Crippen LogP contribution in [-0.2, 0) is 6.54 Å². The van der Waals surface area contributed by atoms with Crippen LogP contribution >= 0.6 is 0 Å². The standard InChI is InChI=1S/C23H28N6O2/c1-16(2)21-26-27-22(31-21)19-5-4-10-24-20(19)28-11-13-29(14-12-28)23(30)25-15-18-8-6-17(3)7-9-18/h4-10,16H,11-15H2,1-3H3,(H,25,30). The number of piperazine rings is 1. The summed E-state index contributed by atoms with van der Waals surface area (Å²) >= 11 is 0. The Morgan fingerprint density at radius 2 is 1.84 bits per heavy atom. The van der Waals surface area contributed by atoms with Crippen molar-refractivity contribution in [1.82, 2.24) is 25.4 Å². The second-order valence-electron chi connectivity index (χ2n) is 8.09. The number of hydrogen-bond donors (Lipinski definition) is 1. The molecule has 0 atom stereocenters. The van der Waals surface area contributed by atoms with Crippen molar-refractivity contribution >= 4 is 11.8 Å². The Labute approximate surface area is 182 Å². The van der Waals surface area contributed by atoms with Crippen LogP contribution in [0, 0.1) is 6.92 Å². The van der Waals surface area contributed by atoms with E-state index in [2.05, 4.69) is 44.5 Å². The molecule has 4 rings (SSSR count). The van der Waals surface area contributed by atoms with Crippen LogP contribution in [-0.4, -0.2) is 52.3 Å². The van der Waals surface area contributed by atoms with Gasteiger partial charge in [-0.05, 0) is 24.6 Å². The molecule has 0 bridgehead atoms. The highest BCUT2D eigenvalue weighted by Gasteiger charge is 2.25. The van der Waals surface area contributed by atoms with Gasteiger partial charge in [0, 0.05) is 44.8 Å². The van der Waals surface area contributed by atoms with E-state index in [0.717, 1.165) is 16.9 Å². The second kappa shape index (κ2) is 9.16. The van der Waals surface area contributed by atoms with Crippen molar-refractivity contribution < 1.29 is 9.21 Å². The van der Waals surface area contributed by atoms with Crippen molar-refractivity contribution in [1.29, 1.82) is 0 Å². The first-order valence-electron chi connectivity index (χ1n) is 10.6. The molecule has 8 heteroatoms. The van der Waals surface area contributed by atoms with E-state index in [1.165, 1.54) is 5.56 Å². The molecule has 162 valence electrons. The van der Waals surface area contributed by atoms with Crippen LogP contribution in [0.15, 0.2) is 47.0 Å². The van der Waals surface area contributed by atoms with Crippen LogP contribution in [0.1, 0.15) is 36.8 Å². The van der Waals surface area contributed by atoms with Gasteiger partial charge in [0.2, 0.25) is 5.89 Å². The van der Waals surface area contributed by atoms with Crippen molar-refractivity contribution in [3.63, 3.8) is 0 Å². The smallest absolute Gasteiger partial charge is 0.317 e. The van der Waals surface area contributed by atoms with Gasteiger partial charge in [0.1, 0.15) is 5.82 Å². The third-order valence-corrected chi connectivity index (χ3v) is 5.38. The predicted molar refractivity (Wildman–Crippen MR) is 119 cm³/mol. The molecule has 1 saturated heterocycles. The summed E-state index contributed by atoms with van der Waals surface area (Å²) in [4.78, 5) is 21.2. The topological polar surface area (TPSA) is 87.4 Å². The molecule has 1 aliphatic heterocycles. The molecule has 0 radical (unpaired) electrons. The monoisotopic (exact) mass is 420 g/mol. The quantitative estimate of drug-likeness (QED) is 0.679. The van der Waals surface area contributed by atoms with Crippen molar-refractivity contribution in [2.24, 2.45) is 0 Å². The normalized spacial score (nSPS) is 14.2. The van der Waals surface area contributed by atoms with Gasteiger partial charge in [-0.15, -0.1) is 10.2 Å². The van der Waals surface area contributed by atoms with E-state index in [1.54, 1.807) is 6.20 Å². The fourth-order valence-electron chi connectivity index (χ4n) is 3.51. The first-order valence-corrected chi connectivity index (χ1v) is 10.6. The van der Waals surface area contributed by atoms with E-state index in [9.17, 15) is 4.79 Å². The Hall–Kier alpha value is -3.42. The van der Waals surface area contributed by atoms with Crippen LogP contribution in [0.5, 0.6) is 0 Å². The van der Waals surface area contributed by atoms with Crippen molar-refractivity contribution in [3.8, 4) is 11.5 Å². The summed E-state index contributed by atoms with van der Waals surface area (Å²) in [5, 5.41) is 11.4. The summed E-state index contributed by atoms with van der Waals surface area (Å²) in [6, 6.07) is 12.0. The molecule has 0 aliphatic carbocycles. The Morgan fingerprint density at radius 3 is 2.52 bits per heavy atom. The van der Waals surface area contributed by atoms with Crippen molar-refractivity contribution in [3.05, 3.63) is 59.6 Å². The lowest BCUT2D eigenvalue weighted by atomic mass is 10.1. The number of nitrogens with one attached hydrogen (secondary N) is 1. The molecule has 3 heterocycles. The van der Waals surface area contributed by atoms with Gasteiger partial charge in [0.25, 0.3) is 5.89 Å². The van der Waals surface area contributed by atoms with Gasteiger partial charge in [0.15, 0.2) is 0 Å². The Morgan fingerprint density at radius 1 is 1.10 bits per heavy atom. The number of rotatable bonds is 5. The first kappa shape index (κ1) is 20.8. The maximum absolute atomic E-state index is 12.6. The summed E-state index contributed by atoms with van der Waals surface area (Å²) in [6.07, 6.45) is 1.76. The van der Waals surface area contributed by atoms with E-state index >= 15 is 0 Å². The largest absolute Gasteiger partial charge is 0.420 e. The molecule has 0 spiro atoms. The van der Waals surface area contributed by atoms with E-state index in [-0.39, 0.29) is 11.9 Å². The molecule has 8 nitrogen and oxygen atoms in total. The summed E-state index contributed by atoms with van der Waals surface area (Å²) in [6.45, 7) is 9.23. The molecule has 2 amide bonds. The third kappa shape index (κ3) is 4.84. The van der Waals surface area contributed by atoms with Crippen LogP contribution in [0.2, 0.25) is 0 Å². The maximum Gasteiger partial charge on any atom is 0.317 e. The van der Waals surface area contributed by atoms with Gasteiger partial charge in [-0.3, -0.25) is 0 Å². The van der Waals surface area contributed by atoms with Gasteiger partial charge < -0.3 is 19.5 Å². The zero-order chi connectivity index (χ0) is 21.8. The van der Waals surface area contributed by atoms with Crippen LogP contribution < -0.4 is 10.2 Å². The van der Waals surface area contributed by atoms with Crippen molar-refractivity contribution in [2.75, 3.05) is 31.1 Å². The Kier molecular flexibility index (Phi) is 6.16. The molecule has 1 aliphatic rings. The highest BCUT2D eigenvalue weighted by Crippen LogP contribution is 2.29. The van der Waals surface area contributed by atoms with Gasteiger partial charge in [-0.25, -0.2) is 9.78 Å². The van der Waals surface area contributed by atoms with Crippen molar-refractivity contribution in [2.45, 2.75) is 33.2 Å². The fraction of sp³-hybridized carbons (Fsp3) is 0.391. The van der Waals surface area contributed by atoms with E-state index in [4.69, 9.17) is 4.42 Å². The highest BCUT2D eigenvalue weighted by atomic mass is 16.4. The average Bonchev–Trinajstić information content (AvgIpc) is 3.29. The minimum Gasteiger partial charge on any atom is -0.420 e. The molecule has 1 N–H and O–H groups in total. The molecule has 1 aromatic carbocycles. The molecule has 31 heavy (non-hydrogen) atoms. The van der Waals surface area contributed by atoms with Crippen LogP contribution in [0.4, 0.5) is 10.6 Å². The summed E-state index contributed by atoms with van der Waals surface area (Å²) < 4.78 is 5.84.